The number of anilines is 2. The third-order valence-corrected chi connectivity index (χ3v) is 5.82. The predicted molar refractivity (Wildman–Crippen MR) is 92.7 cm³/mol. The van der Waals surface area contributed by atoms with E-state index >= 15 is 0 Å². The number of nitrogens with two attached hydrogens (primary N) is 1. The molecule has 1 atom stereocenters. The summed E-state index contributed by atoms with van der Waals surface area (Å²) in [4.78, 5) is 3.87. The van der Waals surface area contributed by atoms with Crippen LogP contribution >= 0.6 is 11.6 Å². The SMILES string of the molecule is Cc1ccc2c(c1C)N(CCCN)c1ccc(Cl)cc1S2=O. The van der Waals surface area contributed by atoms with Crippen molar-refractivity contribution in [1.82, 2.24) is 0 Å². The van der Waals surface area contributed by atoms with E-state index in [0.29, 0.717) is 11.6 Å². The molecule has 0 fully saturated rings. The number of rotatable bonds is 3. The minimum absolute atomic E-state index is 0.609. The molecule has 0 spiro atoms. The fraction of sp³-hybridized carbons (Fsp3) is 0.294. The third-order valence-electron chi connectivity index (χ3n) is 4.13. The first-order valence-electron chi connectivity index (χ1n) is 7.33. The van der Waals surface area contributed by atoms with Crippen LogP contribution in [0.3, 0.4) is 0 Å². The Hall–Kier alpha value is -1.36. The molecular formula is C17H19ClN2OS. The van der Waals surface area contributed by atoms with Crippen molar-refractivity contribution in [1.29, 1.82) is 0 Å². The highest BCUT2D eigenvalue weighted by atomic mass is 35.5. The quantitative estimate of drug-likeness (QED) is 0.925. The zero-order valence-corrected chi connectivity index (χ0v) is 14.3. The molecule has 1 aliphatic rings. The Morgan fingerprint density at radius 3 is 2.68 bits per heavy atom. The van der Waals surface area contributed by atoms with Crippen LogP contribution in [-0.2, 0) is 10.8 Å². The Labute approximate surface area is 138 Å². The van der Waals surface area contributed by atoms with Gasteiger partial charge in [-0.1, -0.05) is 17.7 Å². The Balaban J connectivity index is 2.24. The zero-order valence-electron chi connectivity index (χ0n) is 12.7. The van der Waals surface area contributed by atoms with Crippen LogP contribution in [0.5, 0.6) is 0 Å². The molecule has 3 rings (SSSR count). The lowest BCUT2D eigenvalue weighted by Gasteiger charge is -2.34. The minimum Gasteiger partial charge on any atom is -0.339 e. The van der Waals surface area contributed by atoms with Gasteiger partial charge in [0.25, 0.3) is 0 Å². The Bertz CT molecular complexity index is 761. The van der Waals surface area contributed by atoms with Crippen LogP contribution in [0.25, 0.3) is 0 Å². The van der Waals surface area contributed by atoms with Crippen molar-refractivity contribution >= 4 is 33.8 Å². The van der Waals surface area contributed by atoms with Gasteiger partial charge in [-0.2, -0.15) is 0 Å². The van der Waals surface area contributed by atoms with Gasteiger partial charge in [0.2, 0.25) is 0 Å². The molecule has 0 aromatic heterocycles. The van der Waals surface area contributed by atoms with Crippen LogP contribution in [-0.4, -0.2) is 17.3 Å². The van der Waals surface area contributed by atoms with Crippen LogP contribution < -0.4 is 10.6 Å². The minimum atomic E-state index is -1.20. The standard InChI is InChI=1S/C17H19ClN2OS/c1-11-4-7-15-17(12(11)2)20(9-3-8-19)14-6-5-13(18)10-16(14)22(15)21/h4-7,10H,3,8-9,19H2,1-2H3. The highest BCUT2D eigenvalue weighted by molar-refractivity contribution is 7.85. The second-order valence-corrected chi connectivity index (χ2v) is 7.38. The summed E-state index contributed by atoms with van der Waals surface area (Å²) in [5, 5.41) is 0.609. The Morgan fingerprint density at radius 2 is 1.95 bits per heavy atom. The van der Waals surface area contributed by atoms with E-state index in [9.17, 15) is 4.21 Å². The van der Waals surface area contributed by atoms with Crippen LogP contribution in [0.15, 0.2) is 40.1 Å². The van der Waals surface area contributed by atoms with E-state index < -0.39 is 10.8 Å². The first kappa shape index (κ1) is 15.5. The number of hydrogen-bond donors (Lipinski definition) is 1. The summed E-state index contributed by atoms with van der Waals surface area (Å²) in [6.45, 7) is 5.60. The summed E-state index contributed by atoms with van der Waals surface area (Å²) in [7, 11) is -1.20. The molecular weight excluding hydrogens is 316 g/mol. The maximum Gasteiger partial charge on any atom is 0.0892 e. The van der Waals surface area contributed by atoms with Gasteiger partial charge in [0, 0.05) is 11.6 Å². The van der Waals surface area contributed by atoms with Crippen molar-refractivity contribution in [3.05, 3.63) is 46.5 Å². The van der Waals surface area contributed by atoms with Crippen LogP contribution in [0, 0.1) is 13.8 Å². The number of aryl methyl sites for hydroxylation is 1. The lowest BCUT2D eigenvalue weighted by atomic mass is 10.1. The smallest absolute Gasteiger partial charge is 0.0892 e. The number of fused-ring (bicyclic) bond motifs is 2. The third kappa shape index (κ3) is 2.45. The highest BCUT2D eigenvalue weighted by Crippen LogP contribution is 2.45. The van der Waals surface area contributed by atoms with Crippen molar-refractivity contribution in [3.8, 4) is 0 Å². The van der Waals surface area contributed by atoms with Gasteiger partial charge in [0.05, 0.1) is 32.0 Å². The summed E-state index contributed by atoms with van der Waals surface area (Å²) >= 11 is 6.10. The first-order chi connectivity index (χ1) is 10.5. The molecule has 0 bridgehead atoms. The number of halogens is 1. The highest BCUT2D eigenvalue weighted by Gasteiger charge is 2.29. The molecule has 2 aromatic rings. The second-order valence-electron chi connectivity index (χ2n) is 5.53. The molecule has 22 heavy (non-hydrogen) atoms. The van der Waals surface area contributed by atoms with Crippen LogP contribution in [0.1, 0.15) is 17.5 Å². The summed E-state index contributed by atoms with van der Waals surface area (Å²) in [6.07, 6.45) is 0.877. The van der Waals surface area contributed by atoms with Gasteiger partial charge in [-0.25, -0.2) is 4.21 Å². The fourth-order valence-corrected chi connectivity index (χ4v) is 4.55. The molecule has 0 aliphatic carbocycles. The zero-order chi connectivity index (χ0) is 15.9. The molecule has 5 heteroatoms. The van der Waals surface area contributed by atoms with E-state index in [0.717, 1.165) is 34.1 Å². The summed E-state index contributed by atoms with van der Waals surface area (Å²) < 4.78 is 12.9. The van der Waals surface area contributed by atoms with Gasteiger partial charge < -0.3 is 10.6 Å². The van der Waals surface area contributed by atoms with Gasteiger partial charge in [-0.3, -0.25) is 0 Å². The van der Waals surface area contributed by atoms with Crippen molar-refractivity contribution in [2.75, 3.05) is 18.0 Å². The largest absolute Gasteiger partial charge is 0.339 e. The molecule has 1 aliphatic heterocycles. The van der Waals surface area contributed by atoms with Gasteiger partial charge in [0.15, 0.2) is 0 Å². The maximum atomic E-state index is 12.9. The average Bonchev–Trinajstić information content (AvgIpc) is 2.51. The van der Waals surface area contributed by atoms with E-state index in [1.807, 2.05) is 24.3 Å². The normalized spacial score (nSPS) is 16.4. The molecule has 0 amide bonds. The molecule has 3 nitrogen and oxygen atoms in total. The van der Waals surface area contributed by atoms with E-state index in [2.05, 4.69) is 18.7 Å². The lowest BCUT2D eigenvalue weighted by molar-refractivity contribution is 0.680. The van der Waals surface area contributed by atoms with Crippen LogP contribution in [0.2, 0.25) is 5.02 Å². The van der Waals surface area contributed by atoms with Gasteiger partial charge in [-0.15, -0.1) is 0 Å². The van der Waals surface area contributed by atoms with Crippen molar-refractivity contribution in [3.63, 3.8) is 0 Å². The summed E-state index contributed by atoms with van der Waals surface area (Å²) in [6, 6.07) is 9.61. The van der Waals surface area contributed by atoms with E-state index in [1.54, 1.807) is 6.07 Å². The van der Waals surface area contributed by atoms with Crippen molar-refractivity contribution in [2.24, 2.45) is 5.73 Å². The van der Waals surface area contributed by atoms with Crippen LogP contribution in [0.4, 0.5) is 11.4 Å². The predicted octanol–water partition coefficient (Wildman–Crippen LogP) is 3.92. The molecule has 2 aromatic carbocycles. The fourth-order valence-electron chi connectivity index (χ4n) is 2.84. The van der Waals surface area contributed by atoms with Crippen molar-refractivity contribution < 1.29 is 4.21 Å². The number of nitrogens with zero attached hydrogens (tertiary/aromatic N) is 1. The van der Waals surface area contributed by atoms with E-state index in [4.69, 9.17) is 17.3 Å². The van der Waals surface area contributed by atoms with E-state index in [1.165, 1.54) is 11.1 Å². The molecule has 0 saturated heterocycles. The molecule has 0 saturated carbocycles. The molecule has 1 unspecified atom stereocenters. The molecule has 116 valence electrons. The van der Waals surface area contributed by atoms with E-state index in [-0.39, 0.29) is 0 Å². The second kappa shape index (κ2) is 6.03. The van der Waals surface area contributed by atoms with Gasteiger partial charge >= 0.3 is 0 Å². The number of hydrogen-bond acceptors (Lipinski definition) is 3. The van der Waals surface area contributed by atoms with Gasteiger partial charge in [-0.05, 0) is 62.2 Å². The molecule has 1 heterocycles. The lowest BCUT2D eigenvalue weighted by Crippen LogP contribution is -2.27. The first-order valence-corrected chi connectivity index (χ1v) is 8.86. The van der Waals surface area contributed by atoms with Crippen molar-refractivity contribution in [2.45, 2.75) is 30.1 Å². The average molecular weight is 335 g/mol. The summed E-state index contributed by atoms with van der Waals surface area (Å²) in [5.74, 6) is 0. The molecule has 0 radical (unpaired) electrons. The Kier molecular flexibility index (Phi) is 4.26. The topological polar surface area (TPSA) is 46.3 Å². The molecule has 2 N–H and O–H groups in total. The summed E-state index contributed by atoms with van der Waals surface area (Å²) in [5.41, 5.74) is 10.1. The Morgan fingerprint density at radius 1 is 1.18 bits per heavy atom. The monoisotopic (exact) mass is 334 g/mol. The number of benzene rings is 2. The maximum absolute atomic E-state index is 12.9. The van der Waals surface area contributed by atoms with Gasteiger partial charge in [0.1, 0.15) is 0 Å².